The number of aryl methyl sites for hydroxylation is 1. The van der Waals surface area contributed by atoms with Crippen molar-refractivity contribution in [1.82, 2.24) is 14.8 Å². The van der Waals surface area contributed by atoms with Gasteiger partial charge in [0.25, 0.3) is 11.5 Å². The Bertz CT molecular complexity index is 1010. The zero-order valence-electron chi connectivity index (χ0n) is 17.8. The van der Waals surface area contributed by atoms with E-state index in [4.69, 9.17) is 0 Å². The summed E-state index contributed by atoms with van der Waals surface area (Å²) in [6.07, 6.45) is 5.50. The van der Waals surface area contributed by atoms with Gasteiger partial charge in [-0.05, 0) is 61.9 Å². The number of hydrogen-bond acceptors (Lipinski definition) is 3. The van der Waals surface area contributed by atoms with E-state index in [0.717, 1.165) is 63.0 Å². The largest absolute Gasteiger partial charge is 0.331 e. The van der Waals surface area contributed by atoms with Crippen LogP contribution in [0.3, 0.4) is 0 Å². The first-order chi connectivity index (χ1) is 14.6. The van der Waals surface area contributed by atoms with Crippen molar-refractivity contribution >= 4 is 5.91 Å². The molecule has 1 aliphatic carbocycles. The Morgan fingerprint density at radius 2 is 1.93 bits per heavy atom. The van der Waals surface area contributed by atoms with Gasteiger partial charge in [-0.3, -0.25) is 9.59 Å². The van der Waals surface area contributed by atoms with Gasteiger partial charge in [0.05, 0.1) is 0 Å². The van der Waals surface area contributed by atoms with Crippen LogP contribution in [0.4, 0.5) is 0 Å². The van der Waals surface area contributed by atoms with Crippen LogP contribution in [0, 0.1) is 12.8 Å². The van der Waals surface area contributed by atoms with Crippen LogP contribution in [-0.4, -0.2) is 34.5 Å². The number of nitrogens with one attached hydrogen (secondary N) is 1. The van der Waals surface area contributed by atoms with Gasteiger partial charge in [0.1, 0.15) is 5.56 Å². The van der Waals surface area contributed by atoms with E-state index in [1.54, 1.807) is 6.07 Å². The maximum Gasteiger partial charge on any atom is 0.263 e. The van der Waals surface area contributed by atoms with Gasteiger partial charge in [0.15, 0.2) is 0 Å². The van der Waals surface area contributed by atoms with Gasteiger partial charge < -0.3 is 14.8 Å². The molecule has 158 valence electrons. The molecule has 1 aromatic carbocycles. The number of amides is 1. The quantitative estimate of drug-likeness (QED) is 0.848. The topological polar surface area (TPSA) is 54.3 Å². The Kier molecular flexibility index (Phi) is 5.23. The first-order valence-corrected chi connectivity index (χ1v) is 11.4. The zero-order chi connectivity index (χ0) is 20.7. The van der Waals surface area contributed by atoms with Crippen LogP contribution in [0.15, 0.2) is 41.2 Å². The monoisotopic (exact) mass is 405 g/mol. The molecule has 1 amide bonds. The van der Waals surface area contributed by atoms with Crippen molar-refractivity contribution < 1.29 is 4.79 Å². The summed E-state index contributed by atoms with van der Waals surface area (Å²) >= 11 is 0. The van der Waals surface area contributed by atoms with Gasteiger partial charge in [-0.1, -0.05) is 37.1 Å². The molecule has 1 aromatic heterocycles. The summed E-state index contributed by atoms with van der Waals surface area (Å²) in [4.78, 5) is 29.1. The van der Waals surface area contributed by atoms with Crippen molar-refractivity contribution in [3.63, 3.8) is 0 Å². The summed E-state index contributed by atoms with van der Waals surface area (Å²) in [6, 6.07) is 12.3. The standard InChI is InChI=1S/C25H31N3O2/c1-17-6-2-3-7-19(17)16-27(21-8-4-5-9-21)24(29)22-10-11-23-20-12-18(13-26-14-20)15-28(23)25(22)30/h2-3,6-7,10-11,18,20-21,26H,4-5,8-9,12-16H2,1H3/t18-,20+/m0/s1. The van der Waals surface area contributed by atoms with Gasteiger partial charge in [0, 0.05) is 37.3 Å². The molecular formula is C25H31N3O2. The highest BCUT2D eigenvalue weighted by atomic mass is 16.2. The third-order valence-electron chi connectivity index (χ3n) is 7.37. The molecule has 3 aliphatic rings. The molecule has 5 nitrogen and oxygen atoms in total. The number of piperidine rings is 1. The molecule has 2 fully saturated rings. The summed E-state index contributed by atoms with van der Waals surface area (Å²) in [5, 5.41) is 3.48. The van der Waals surface area contributed by atoms with E-state index in [2.05, 4.69) is 24.4 Å². The third kappa shape index (κ3) is 3.49. The molecule has 0 radical (unpaired) electrons. The Morgan fingerprint density at radius 1 is 1.13 bits per heavy atom. The van der Waals surface area contributed by atoms with Crippen molar-refractivity contribution in [2.24, 2.45) is 5.92 Å². The summed E-state index contributed by atoms with van der Waals surface area (Å²) in [5.41, 5.74) is 3.69. The second-order valence-electron chi connectivity index (χ2n) is 9.34. The predicted molar refractivity (Wildman–Crippen MR) is 118 cm³/mol. The predicted octanol–water partition coefficient (Wildman–Crippen LogP) is 3.45. The Labute approximate surface area is 178 Å². The average Bonchev–Trinajstić information content (AvgIpc) is 3.28. The summed E-state index contributed by atoms with van der Waals surface area (Å²) < 4.78 is 1.90. The van der Waals surface area contributed by atoms with Crippen LogP contribution in [0.25, 0.3) is 0 Å². The molecule has 2 aromatic rings. The van der Waals surface area contributed by atoms with E-state index < -0.39 is 0 Å². The lowest BCUT2D eigenvalue weighted by atomic mass is 9.84. The van der Waals surface area contributed by atoms with Crippen LogP contribution >= 0.6 is 0 Å². The number of aromatic nitrogens is 1. The molecular weight excluding hydrogens is 374 g/mol. The molecule has 1 N–H and O–H groups in total. The maximum absolute atomic E-state index is 13.7. The SMILES string of the molecule is Cc1ccccc1CN(C(=O)c1ccc2n(c1=O)C[C@@H]1CNC[C@H]2C1)C1CCCC1. The Balaban J connectivity index is 1.50. The van der Waals surface area contributed by atoms with Crippen molar-refractivity contribution in [2.75, 3.05) is 13.1 Å². The molecule has 5 rings (SSSR count). The minimum Gasteiger partial charge on any atom is -0.331 e. The average molecular weight is 406 g/mol. The number of hydrogen-bond donors (Lipinski definition) is 1. The van der Waals surface area contributed by atoms with Crippen LogP contribution in [0.2, 0.25) is 0 Å². The van der Waals surface area contributed by atoms with E-state index in [9.17, 15) is 9.59 Å². The minimum absolute atomic E-state index is 0.0955. The van der Waals surface area contributed by atoms with Gasteiger partial charge in [0.2, 0.25) is 0 Å². The van der Waals surface area contributed by atoms with E-state index in [-0.39, 0.29) is 17.5 Å². The van der Waals surface area contributed by atoms with Gasteiger partial charge >= 0.3 is 0 Å². The fraction of sp³-hybridized carbons (Fsp3) is 0.520. The second-order valence-corrected chi connectivity index (χ2v) is 9.34. The molecule has 2 aliphatic heterocycles. The first kappa shape index (κ1) is 19.6. The Hall–Kier alpha value is -2.40. The molecule has 5 heteroatoms. The van der Waals surface area contributed by atoms with Crippen molar-refractivity contribution in [3.05, 3.63) is 69.1 Å². The lowest BCUT2D eigenvalue weighted by Crippen LogP contribution is -2.47. The van der Waals surface area contributed by atoms with Crippen molar-refractivity contribution in [3.8, 4) is 0 Å². The highest BCUT2D eigenvalue weighted by Crippen LogP contribution is 2.32. The lowest BCUT2D eigenvalue weighted by Gasteiger charge is -2.38. The van der Waals surface area contributed by atoms with Crippen LogP contribution in [-0.2, 0) is 13.1 Å². The molecule has 0 spiro atoms. The van der Waals surface area contributed by atoms with E-state index >= 15 is 0 Å². The van der Waals surface area contributed by atoms with Crippen LogP contribution < -0.4 is 10.9 Å². The molecule has 1 saturated carbocycles. The normalized spacial score (nSPS) is 23.2. The van der Waals surface area contributed by atoms with Crippen LogP contribution in [0.5, 0.6) is 0 Å². The molecule has 3 heterocycles. The third-order valence-corrected chi connectivity index (χ3v) is 7.37. The zero-order valence-corrected chi connectivity index (χ0v) is 17.8. The minimum atomic E-state index is -0.0979. The molecule has 2 atom stereocenters. The molecule has 0 unspecified atom stereocenters. The number of pyridine rings is 1. The second kappa shape index (κ2) is 8.03. The van der Waals surface area contributed by atoms with Gasteiger partial charge in [-0.25, -0.2) is 0 Å². The fourth-order valence-electron chi connectivity index (χ4n) is 5.66. The van der Waals surface area contributed by atoms with Gasteiger partial charge in [-0.15, -0.1) is 0 Å². The maximum atomic E-state index is 13.7. The molecule has 1 saturated heterocycles. The summed E-state index contributed by atoms with van der Waals surface area (Å²) in [5.74, 6) is 0.767. The number of benzene rings is 1. The lowest BCUT2D eigenvalue weighted by molar-refractivity contribution is 0.0661. The number of rotatable bonds is 4. The van der Waals surface area contributed by atoms with E-state index in [0.29, 0.717) is 23.9 Å². The molecule has 2 bridgehead atoms. The fourth-order valence-corrected chi connectivity index (χ4v) is 5.66. The smallest absolute Gasteiger partial charge is 0.263 e. The highest BCUT2D eigenvalue weighted by molar-refractivity contribution is 5.94. The number of nitrogens with zero attached hydrogens (tertiary/aromatic N) is 2. The summed E-state index contributed by atoms with van der Waals surface area (Å²) in [7, 11) is 0. The number of carbonyl (C=O) groups is 1. The number of fused-ring (bicyclic) bond motifs is 4. The van der Waals surface area contributed by atoms with E-state index in [1.165, 1.54) is 5.56 Å². The van der Waals surface area contributed by atoms with Crippen LogP contribution in [0.1, 0.15) is 65.2 Å². The van der Waals surface area contributed by atoms with Gasteiger partial charge in [-0.2, -0.15) is 0 Å². The van der Waals surface area contributed by atoms with Crippen molar-refractivity contribution in [1.29, 1.82) is 0 Å². The Morgan fingerprint density at radius 3 is 2.73 bits per heavy atom. The summed E-state index contributed by atoms with van der Waals surface area (Å²) in [6.45, 7) is 5.27. The van der Waals surface area contributed by atoms with E-state index in [1.807, 2.05) is 27.7 Å². The highest BCUT2D eigenvalue weighted by Gasteiger charge is 2.34. The number of carbonyl (C=O) groups excluding carboxylic acids is 1. The van der Waals surface area contributed by atoms with Crippen molar-refractivity contribution in [2.45, 2.75) is 64.1 Å². The molecule has 30 heavy (non-hydrogen) atoms. The first-order valence-electron chi connectivity index (χ1n) is 11.4.